The maximum atomic E-state index is 12.4. The maximum absolute atomic E-state index is 12.4. The van der Waals surface area contributed by atoms with Crippen molar-refractivity contribution in [1.82, 2.24) is 14.9 Å². The summed E-state index contributed by atoms with van der Waals surface area (Å²) in [4.78, 5) is 22.0. The number of ether oxygens (including phenoxy) is 1. The fourth-order valence-electron chi connectivity index (χ4n) is 2.87. The number of halogens is 1. The van der Waals surface area contributed by atoms with Crippen LogP contribution in [0.4, 0.5) is 4.79 Å². The molecule has 1 aliphatic rings. The average molecular weight is 348 g/mol. The molecular formula is C18H22ClN3O2. The number of aromatic nitrogens is 2. The lowest BCUT2D eigenvalue weighted by atomic mass is 10.2. The number of benzene rings is 1. The van der Waals surface area contributed by atoms with Crippen LogP contribution in [0.15, 0.2) is 30.5 Å². The van der Waals surface area contributed by atoms with Crippen LogP contribution in [0.2, 0.25) is 5.02 Å². The van der Waals surface area contributed by atoms with E-state index in [1.165, 1.54) is 0 Å². The van der Waals surface area contributed by atoms with Crippen LogP contribution in [0, 0.1) is 0 Å². The third-order valence-corrected chi connectivity index (χ3v) is 4.20. The van der Waals surface area contributed by atoms with E-state index in [9.17, 15) is 4.79 Å². The molecule has 1 unspecified atom stereocenters. The van der Waals surface area contributed by atoms with Crippen LogP contribution in [0.3, 0.4) is 0 Å². The van der Waals surface area contributed by atoms with E-state index >= 15 is 0 Å². The minimum atomic E-state index is -0.498. The van der Waals surface area contributed by atoms with Crippen LogP contribution >= 0.6 is 11.6 Å². The number of hydrogen-bond acceptors (Lipinski definition) is 3. The lowest BCUT2D eigenvalue weighted by molar-refractivity contribution is 0.0219. The lowest BCUT2D eigenvalue weighted by Crippen LogP contribution is -2.36. The van der Waals surface area contributed by atoms with Gasteiger partial charge in [-0.2, -0.15) is 0 Å². The topological polar surface area (TPSA) is 58.2 Å². The van der Waals surface area contributed by atoms with Gasteiger partial charge in [0, 0.05) is 11.6 Å². The van der Waals surface area contributed by atoms with E-state index in [0.717, 1.165) is 29.9 Å². The van der Waals surface area contributed by atoms with Crippen LogP contribution in [-0.4, -0.2) is 33.1 Å². The molecule has 1 aromatic carbocycles. The predicted octanol–water partition coefficient (Wildman–Crippen LogP) is 4.80. The molecule has 0 spiro atoms. The molecule has 1 fully saturated rings. The Morgan fingerprint density at radius 3 is 2.71 bits per heavy atom. The summed E-state index contributed by atoms with van der Waals surface area (Å²) < 4.78 is 5.51. The molecule has 1 amide bonds. The largest absolute Gasteiger partial charge is 0.444 e. The number of rotatable bonds is 2. The first kappa shape index (κ1) is 16.8. The first-order valence-corrected chi connectivity index (χ1v) is 8.52. The lowest BCUT2D eigenvalue weighted by Gasteiger charge is -2.27. The van der Waals surface area contributed by atoms with Crippen molar-refractivity contribution in [2.24, 2.45) is 0 Å². The van der Waals surface area contributed by atoms with E-state index < -0.39 is 5.60 Å². The Bertz CT molecular complexity index is 719. The molecule has 6 heteroatoms. The summed E-state index contributed by atoms with van der Waals surface area (Å²) in [7, 11) is 0. The maximum Gasteiger partial charge on any atom is 0.410 e. The van der Waals surface area contributed by atoms with Gasteiger partial charge in [-0.3, -0.25) is 4.90 Å². The van der Waals surface area contributed by atoms with Gasteiger partial charge in [-0.25, -0.2) is 9.78 Å². The molecule has 5 nitrogen and oxygen atoms in total. The Morgan fingerprint density at radius 2 is 2.04 bits per heavy atom. The number of hydrogen-bond donors (Lipinski definition) is 1. The summed E-state index contributed by atoms with van der Waals surface area (Å²) in [5, 5.41) is 0.699. The Kier molecular flexibility index (Phi) is 4.54. The first-order chi connectivity index (χ1) is 11.3. The number of nitrogens with one attached hydrogen (secondary N) is 1. The van der Waals surface area contributed by atoms with Crippen LogP contribution in [0.1, 0.15) is 45.5 Å². The molecule has 0 bridgehead atoms. The van der Waals surface area contributed by atoms with Crippen LogP contribution < -0.4 is 0 Å². The smallest absolute Gasteiger partial charge is 0.410 e. The molecule has 1 aromatic heterocycles. The van der Waals surface area contributed by atoms with Crippen molar-refractivity contribution in [3.05, 3.63) is 41.3 Å². The van der Waals surface area contributed by atoms with E-state index in [0.29, 0.717) is 11.6 Å². The molecule has 1 atom stereocenters. The third-order valence-electron chi connectivity index (χ3n) is 3.95. The second-order valence-electron chi connectivity index (χ2n) is 7.02. The molecule has 0 saturated carbocycles. The summed E-state index contributed by atoms with van der Waals surface area (Å²) >= 11 is 5.93. The van der Waals surface area contributed by atoms with Crippen molar-refractivity contribution in [1.29, 1.82) is 0 Å². The van der Waals surface area contributed by atoms with Gasteiger partial charge in [0.1, 0.15) is 11.4 Å². The SMILES string of the molecule is CC(C)(C)OC(=O)N1CCCC1c1ncc(-c2ccc(Cl)cc2)[nH]1. The molecule has 1 aliphatic heterocycles. The van der Waals surface area contributed by atoms with Crippen molar-refractivity contribution in [3.63, 3.8) is 0 Å². The molecule has 2 heterocycles. The molecule has 1 N–H and O–H groups in total. The Labute approximate surface area is 147 Å². The van der Waals surface area contributed by atoms with Gasteiger partial charge < -0.3 is 9.72 Å². The summed E-state index contributed by atoms with van der Waals surface area (Å²) in [6.45, 7) is 6.32. The summed E-state index contributed by atoms with van der Waals surface area (Å²) in [6.07, 6.45) is 3.34. The van der Waals surface area contributed by atoms with Gasteiger partial charge in [-0.05, 0) is 51.3 Å². The van der Waals surface area contributed by atoms with Crippen molar-refractivity contribution in [3.8, 4) is 11.3 Å². The van der Waals surface area contributed by atoms with Crippen molar-refractivity contribution >= 4 is 17.7 Å². The van der Waals surface area contributed by atoms with Gasteiger partial charge >= 0.3 is 6.09 Å². The fourth-order valence-corrected chi connectivity index (χ4v) is 3.00. The number of carbonyl (C=O) groups excluding carboxylic acids is 1. The highest BCUT2D eigenvalue weighted by atomic mass is 35.5. The van der Waals surface area contributed by atoms with Gasteiger partial charge in [0.25, 0.3) is 0 Å². The van der Waals surface area contributed by atoms with Gasteiger partial charge in [0.2, 0.25) is 0 Å². The molecule has 24 heavy (non-hydrogen) atoms. The number of nitrogens with zero attached hydrogens (tertiary/aromatic N) is 2. The zero-order valence-electron chi connectivity index (χ0n) is 14.2. The summed E-state index contributed by atoms with van der Waals surface area (Å²) in [5.41, 5.74) is 1.43. The molecule has 3 rings (SSSR count). The second-order valence-corrected chi connectivity index (χ2v) is 7.46. The first-order valence-electron chi connectivity index (χ1n) is 8.14. The van der Waals surface area contributed by atoms with E-state index in [2.05, 4.69) is 9.97 Å². The molecule has 0 radical (unpaired) electrons. The monoisotopic (exact) mass is 347 g/mol. The number of carbonyl (C=O) groups is 1. The van der Waals surface area contributed by atoms with Crippen molar-refractivity contribution in [2.45, 2.75) is 45.3 Å². The highest BCUT2D eigenvalue weighted by molar-refractivity contribution is 6.30. The minimum Gasteiger partial charge on any atom is -0.444 e. The number of H-pyrrole nitrogens is 1. The van der Waals surface area contributed by atoms with Crippen LogP contribution in [-0.2, 0) is 4.74 Å². The minimum absolute atomic E-state index is 0.0686. The molecule has 1 saturated heterocycles. The zero-order valence-corrected chi connectivity index (χ0v) is 14.9. The summed E-state index contributed by atoms with van der Waals surface area (Å²) in [6, 6.07) is 7.51. The molecule has 0 aliphatic carbocycles. The Hall–Kier alpha value is -2.01. The van der Waals surface area contributed by atoms with Gasteiger partial charge in [0.15, 0.2) is 0 Å². The van der Waals surface area contributed by atoms with E-state index in [1.54, 1.807) is 11.1 Å². The number of imidazole rings is 1. The van der Waals surface area contributed by atoms with Gasteiger partial charge in [0.05, 0.1) is 17.9 Å². The number of aromatic amines is 1. The molecular weight excluding hydrogens is 326 g/mol. The zero-order chi connectivity index (χ0) is 17.3. The Morgan fingerprint density at radius 1 is 1.33 bits per heavy atom. The predicted molar refractivity (Wildman–Crippen MR) is 93.9 cm³/mol. The quantitative estimate of drug-likeness (QED) is 0.848. The van der Waals surface area contributed by atoms with E-state index in [-0.39, 0.29) is 12.1 Å². The molecule has 2 aromatic rings. The van der Waals surface area contributed by atoms with E-state index in [1.807, 2.05) is 45.0 Å². The fraction of sp³-hybridized carbons (Fsp3) is 0.444. The number of likely N-dealkylation sites (tertiary alicyclic amines) is 1. The van der Waals surface area contributed by atoms with Crippen molar-refractivity contribution in [2.75, 3.05) is 6.54 Å². The van der Waals surface area contributed by atoms with Gasteiger partial charge in [-0.1, -0.05) is 23.7 Å². The third kappa shape index (κ3) is 3.73. The second kappa shape index (κ2) is 6.48. The van der Waals surface area contributed by atoms with Crippen LogP contribution in [0.5, 0.6) is 0 Å². The molecule has 128 valence electrons. The normalized spacial score (nSPS) is 18.0. The van der Waals surface area contributed by atoms with Crippen LogP contribution in [0.25, 0.3) is 11.3 Å². The van der Waals surface area contributed by atoms with Gasteiger partial charge in [-0.15, -0.1) is 0 Å². The highest BCUT2D eigenvalue weighted by Crippen LogP contribution is 2.32. The Balaban J connectivity index is 1.78. The van der Waals surface area contributed by atoms with E-state index in [4.69, 9.17) is 16.3 Å². The summed E-state index contributed by atoms with van der Waals surface area (Å²) in [5.74, 6) is 0.795. The highest BCUT2D eigenvalue weighted by Gasteiger charge is 2.34. The van der Waals surface area contributed by atoms with Crippen molar-refractivity contribution < 1.29 is 9.53 Å². The standard InChI is InChI=1S/C18H22ClN3O2/c1-18(2,3)24-17(23)22-10-4-5-15(22)16-20-11-14(21-16)12-6-8-13(19)9-7-12/h6-9,11,15H,4-5,10H2,1-3H3,(H,20,21). The average Bonchev–Trinajstić information content (AvgIpc) is 3.15. The number of amides is 1.